The Balaban J connectivity index is 1.69. The number of rotatable bonds is 8. The second-order valence-corrected chi connectivity index (χ2v) is 10.7. The lowest BCUT2D eigenvalue weighted by atomic mass is 9.99. The lowest BCUT2D eigenvalue weighted by Gasteiger charge is -2.37. The van der Waals surface area contributed by atoms with E-state index >= 15 is 0 Å². The molecule has 1 unspecified atom stereocenters. The summed E-state index contributed by atoms with van der Waals surface area (Å²) in [5.41, 5.74) is 2.07. The van der Waals surface area contributed by atoms with Gasteiger partial charge in [0.15, 0.2) is 5.78 Å². The van der Waals surface area contributed by atoms with Crippen LogP contribution in [0.2, 0.25) is 0 Å². The molecule has 0 spiro atoms. The zero-order valence-corrected chi connectivity index (χ0v) is 21.2. The van der Waals surface area contributed by atoms with Gasteiger partial charge < -0.3 is 10.2 Å². The SMILES string of the molecule is CN1CCN(C(C(=O)Nc2ccc(NS(C)(=O)=O)cc2C(=O)c2ccccc2)c2ccccc2)CC1. The van der Waals surface area contributed by atoms with Crippen molar-refractivity contribution in [2.45, 2.75) is 6.04 Å². The molecule has 1 heterocycles. The Bertz CT molecular complexity index is 1320. The third kappa shape index (κ3) is 6.37. The molecular formula is C27H30N4O4S. The molecule has 0 aromatic heterocycles. The van der Waals surface area contributed by atoms with Gasteiger partial charge in [0.05, 0.1) is 11.9 Å². The maximum absolute atomic E-state index is 13.7. The van der Waals surface area contributed by atoms with E-state index in [4.69, 9.17) is 0 Å². The highest BCUT2D eigenvalue weighted by Crippen LogP contribution is 2.28. The first-order valence-corrected chi connectivity index (χ1v) is 13.6. The molecule has 9 heteroatoms. The summed E-state index contributed by atoms with van der Waals surface area (Å²) in [7, 11) is -1.49. The third-order valence-corrected chi connectivity index (χ3v) is 6.73. The highest BCUT2D eigenvalue weighted by atomic mass is 32.2. The molecule has 1 aliphatic rings. The average Bonchev–Trinajstić information content (AvgIpc) is 2.86. The number of carbonyl (C=O) groups excluding carboxylic acids is 2. The maximum atomic E-state index is 13.7. The van der Waals surface area contributed by atoms with Crippen LogP contribution >= 0.6 is 0 Å². The first-order valence-electron chi connectivity index (χ1n) is 11.7. The molecule has 188 valence electrons. The quantitative estimate of drug-likeness (QED) is 0.455. The summed E-state index contributed by atoms with van der Waals surface area (Å²) < 4.78 is 26.0. The molecule has 1 aliphatic heterocycles. The molecule has 0 bridgehead atoms. The van der Waals surface area contributed by atoms with Gasteiger partial charge in [-0.15, -0.1) is 0 Å². The topological polar surface area (TPSA) is 98.8 Å². The predicted molar refractivity (Wildman–Crippen MR) is 142 cm³/mol. The number of ketones is 1. The molecule has 8 nitrogen and oxygen atoms in total. The highest BCUT2D eigenvalue weighted by molar-refractivity contribution is 7.92. The van der Waals surface area contributed by atoms with Crippen molar-refractivity contribution < 1.29 is 18.0 Å². The molecule has 4 rings (SSSR count). The van der Waals surface area contributed by atoms with E-state index in [2.05, 4.69) is 26.9 Å². The molecule has 0 saturated carbocycles. The Morgan fingerprint density at radius 2 is 1.47 bits per heavy atom. The van der Waals surface area contributed by atoms with E-state index < -0.39 is 16.1 Å². The summed E-state index contributed by atoms with van der Waals surface area (Å²) in [6.45, 7) is 3.16. The lowest BCUT2D eigenvalue weighted by molar-refractivity contribution is -0.122. The van der Waals surface area contributed by atoms with Gasteiger partial charge in [-0.1, -0.05) is 60.7 Å². The van der Waals surface area contributed by atoms with Crippen molar-refractivity contribution in [2.24, 2.45) is 0 Å². The zero-order valence-electron chi connectivity index (χ0n) is 20.3. The Hall–Kier alpha value is -3.53. The first kappa shape index (κ1) is 25.6. The smallest absolute Gasteiger partial charge is 0.246 e. The van der Waals surface area contributed by atoms with Crippen molar-refractivity contribution >= 4 is 33.1 Å². The minimum Gasteiger partial charge on any atom is -0.324 e. The summed E-state index contributed by atoms with van der Waals surface area (Å²) in [4.78, 5) is 31.5. The number of nitrogens with zero attached hydrogens (tertiary/aromatic N) is 2. The molecule has 36 heavy (non-hydrogen) atoms. The molecule has 3 aromatic rings. The van der Waals surface area contributed by atoms with E-state index in [1.165, 1.54) is 12.1 Å². The van der Waals surface area contributed by atoms with Crippen LogP contribution in [0.25, 0.3) is 0 Å². The normalized spacial score (nSPS) is 15.7. The Morgan fingerprint density at radius 3 is 2.08 bits per heavy atom. The van der Waals surface area contributed by atoms with Crippen LogP contribution in [0.5, 0.6) is 0 Å². The van der Waals surface area contributed by atoms with Crippen molar-refractivity contribution in [3.8, 4) is 0 Å². The van der Waals surface area contributed by atoms with Crippen molar-refractivity contribution in [1.29, 1.82) is 0 Å². The van der Waals surface area contributed by atoms with E-state index in [1.807, 2.05) is 36.4 Å². The van der Waals surface area contributed by atoms with Gasteiger partial charge in [0.25, 0.3) is 0 Å². The number of amides is 1. The Morgan fingerprint density at radius 1 is 0.861 bits per heavy atom. The molecule has 0 radical (unpaired) electrons. The fraction of sp³-hybridized carbons (Fsp3) is 0.259. The number of nitrogens with one attached hydrogen (secondary N) is 2. The van der Waals surface area contributed by atoms with Crippen LogP contribution in [0, 0.1) is 0 Å². The molecule has 3 aromatic carbocycles. The fourth-order valence-corrected chi connectivity index (χ4v) is 4.86. The van der Waals surface area contributed by atoms with Gasteiger partial charge in [0.2, 0.25) is 15.9 Å². The average molecular weight is 507 g/mol. The van der Waals surface area contributed by atoms with Gasteiger partial charge in [-0.2, -0.15) is 0 Å². The van der Waals surface area contributed by atoms with Crippen LogP contribution in [0.15, 0.2) is 78.9 Å². The summed E-state index contributed by atoms with van der Waals surface area (Å²) in [6.07, 6.45) is 1.04. The van der Waals surface area contributed by atoms with Gasteiger partial charge in [0.1, 0.15) is 6.04 Å². The predicted octanol–water partition coefficient (Wildman–Crippen LogP) is 3.22. The summed E-state index contributed by atoms with van der Waals surface area (Å²) in [5, 5.41) is 2.97. The van der Waals surface area contributed by atoms with Crippen LogP contribution in [0.4, 0.5) is 11.4 Å². The minimum atomic E-state index is -3.55. The van der Waals surface area contributed by atoms with Gasteiger partial charge in [-0.25, -0.2) is 8.42 Å². The third-order valence-electron chi connectivity index (χ3n) is 6.13. The van der Waals surface area contributed by atoms with E-state index in [0.717, 1.165) is 38.0 Å². The summed E-state index contributed by atoms with van der Waals surface area (Å²) >= 11 is 0. The number of likely N-dealkylation sites (N-methyl/N-ethyl adjacent to an activating group) is 1. The maximum Gasteiger partial charge on any atom is 0.246 e. The number of hydrogen-bond donors (Lipinski definition) is 2. The number of anilines is 2. The standard InChI is InChI=1S/C27H30N4O4S/c1-30-15-17-31(18-16-30)25(20-9-5-3-6-10-20)27(33)28-24-14-13-22(29-36(2,34)35)19-23(24)26(32)21-11-7-4-8-12-21/h3-14,19,25,29H,15-18H2,1-2H3,(H,28,33). The Kier molecular flexibility index (Phi) is 7.83. The highest BCUT2D eigenvalue weighted by Gasteiger charge is 2.30. The van der Waals surface area contributed by atoms with Crippen LogP contribution < -0.4 is 10.0 Å². The van der Waals surface area contributed by atoms with Crippen LogP contribution in [-0.2, 0) is 14.8 Å². The second kappa shape index (κ2) is 11.0. The molecule has 1 saturated heterocycles. The number of carbonyl (C=O) groups is 2. The van der Waals surface area contributed by atoms with Crippen LogP contribution in [-0.4, -0.2) is 69.4 Å². The molecule has 1 amide bonds. The van der Waals surface area contributed by atoms with Crippen molar-refractivity contribution in [1.82, 2.24) is 9.80 Å². The number of sulfonamides is 1. The van der Waals surface area contributed by atoms with Gasteiger partial charge in [-0.3, -0.25) is 19.2 Å². The summed E-state index contributed by atoms with van der Waals surface area (Å²) in [6, 6.07) is 22.3. The molecule has 1 fully saturated rings. The van der Waals surface area contributed by atoms with Crippen molar-refractivity contribution in [3.05, 3.63) is 95.6 Å². The molecule has 0 aliphatic carbocycles. The number of piperazine rings is 1. The minimum absolute atomic E-state index is 0.202. The van der Waals surface area contributed by atoms with E-state index in [9.17, 15) is 18.0 Å². The second-order valence-electron chi connectivity index (χ2n) is 8.97. The molecular weight excluding hydrogens is 476 g/mol. The fourth-order valence-electron chi connectivity index (χ4n) is 4.31. The molecule has 1 atom stereocenters. The lowest BCUT2D eigenvalue weighted by Crippen LogP contribution is -2.48. The summed E-state index contributed by atoms with van der Waals surface area (Å²) in [5.74, 6) is -0.574. The van der Waals surface area contributed by atoms with Crippen molar-refractivity contribution in [3.63, 3.8) is 0 Å². The van der Waals surface area contributed by atoms with E-state index in [-0.39, 0.29) is 22.9 Å². The van der Waals surface area contributed by atoms with Gasteiger partial charge >= 0.3 is 0 Å². The van der Waals surface area contributed by atoms with E-state index in [0.29, 0.717) is 11.3 Å². The van der Waals surface area contributed by atoms with E-state index in [1.54, 1.807) is 30.3 Å². The zero-order chi connectivity index (χ0) is 25.7. The largest absolute Gasteiger partial charge is 0.324 e. The van der Waals surface area contributed by atoms with Crippen LogP contribution in [0.3, 0.4) is 0 Å². The first-order chi connectivity index (χ1) is 17.2. The van der Waals surface area contributed by atoms with Gasteiger partial charge in [-0.05, 0) is 30.8 Å². The molecule has 2 N–H and O–H groups in total. The monoisotopic (exact) mass is 506 g/mol. The number of hydrogen-bond acceptors (Lipinski definition) is 6. The van der Waals surface area contributed by atoms with Crippen LogP contribution in [0.1, 0.15) is 27.5 Å². The Labute approximate surface area is 212 Å². The number of benzene rings is 3. The van der Waals surface area contributed by atoms with Gasteiger partial charge in [0, 0.05) is 43.0 Å². The van der Waals surface area contributed by atoms with Crippen molar-refractivity contribution in [2.75, 3.05) is 49.5 Å².